The van der Waals surface area contributed by atoms with E-state index in [1.165, 1.54) is 0 Å². The summed E-state index contributed by atoms with van der Waals surface area (Å²) in [5, 5.41) is 9.33. The van der Waals surface area contributed by atoms with Crippen LogP contribution in [0.3, 0.4) is 0 Å². The summed E-state index contributed by atoms with van der Waals surface area (Å²) in [4.78, 5) is 0. The van der Waals surface area contributed by atoms with Gasteiger partial charge in [-0.05, 0) is 19.9 Å². The van der Waals surface area contributed by atoms with E-state index in [1.807, 2.05) is 26.0 Å². The average Bonchev–Trinajstić information content (AvgIpc) is 1.94. The summed E-state index contributed by atoms with van der Waals surface area (Å²) in [6.45, 7) is 3.83. The van der Waals surface area contributed by atoms with E-state index in [1.54, 1.807) is 6.07 Å². The molecule has 0 saturated carbocycles. The van der Waals surface area contributed by atoms with E-state index >= 15 is 0 Å². The molecular weight excluding hydrogens is 138 g/mol. The van der Waals surface area contributed by atoms with Crippen molar-refractivity contribution in [3.8, 4) is 5.75 Å². The van der Waals surface area contributed by atoms with Crippen LogP contribution in [0.4, 0.5) is 0 Å². The fourth-order valence-corrected chi connectivity index (χ4v) is 1.04. The second-order valence-corrected chi connectivity index (χ2v) is 2.85. The second kappa shape index (κ2) is 2.93. The summed E-state index contributed by atoms with van der Waals surface area (Å²) in [6.07, 6.45) is 0. The Hall–Kier alpha value is -1.02. The lowest BCUT2D eigenvalue weighted by molar-refractivity contribution is 0.463. The van der Waals surface area contributed by atoms with E-state index in [4.69, 9.17) is 5.73 Å². The molecule has 0 aliphatic carbocycles. The standard InChI is InChI=1S/C9H13NO/c1-6-3-4-9(11)8(5-6)7(2)10/h3-5,7,11H,10H2,1-2H3/t7-/m1/s1. The molecule has 2 heteroatoms. The van der Waals surface area contributed by atoms with Gasteiger partial charge in [0.1, 0.15) is 5.75 Å². The molecule has 0 heterocycles. The Kier molecular flexibility index (Phi) is 2.15. The van der Waals surface area contributed by atoms with E-state index in [-0.39, 0.29) is 11.8 Å². The molecule has 0 spiro atoms. The van der Waals surface area contributed by atoms with Crippen molar-refractivity contribution in [2.24, 2.45) is 5.73 Å². The van der Waals surface area contributed by atoms with Crippen LogP contribution in [0.2, 0.25) is 0 Å². The fraction of sp³-hybridized carbons (Fsp3) is 0.333. The first-order valence-corrected chi connectivity index (χ1v) is 3.66. The zero-order valence-electron chi connectivity index (χ0n) is 6.83. The predicted octanol–water partition coefficient (Wildman–Crippen LogP) is 1.72. The van der Waals surface area contributed by atoms with Crippen LogP contribution in [0.25, 0.3) is 0 Å². The number of phenols is 1. The van der Waals surface area contributed by atoms with E-state index in [0.717, 1.165) is 11.1 Å². The molecule has 0 saturated heterocycles. The van der Waals surface area contributed by atoms with E-state index in [9.17, 15) is 5.11 Å². The number of aromatic hydroxyl groups is 1. The van der Waals surface area contributed by atoms with E-state index in [2.05, 4.69) is 0 Å². The molecule has 1 atom stereocenters. The molecule has 0 fully saturated rings. The van der Waals surface area contributed by atoms with Crippen LogP contribution in [0.1, 0.15) is 24.1 Å². The van der Waals surface area contributed by atoms with E-state index in [0.29, 0.717) is 0 Å². The zero-order valence-corrected chi connectivity index (χ0v) is 6.83. The number of hydrogen-bond donors (Lipinski definition) is 2. The molecule has 0 aliphatic rings. The molecule has 1 aromatic rings. The highest BCUT2D eigenvalue weighted by Crippen LogP contribution is 2.22. The van der Waals surface area contributed by atoms with Crippen molar-refractivity contribution in [3.05, 3.63) is 29.3 Å². The summed E-state index contributed by atoms with van der Waals surface area (Å²) in [5.74, 6) is 0.283. The van der Waals surface area contributed by atoms with Crippen molar-refractivity contribution < 1.29 is 5.11 Å². The summed E-state index contributed by atoms with van der Waals surface area (Å²) in [6, 6.07) is 5.34. The Morgan fingerprint density at radius 3 is 2.55 bits per heavy atom. The molecule has 0 aromatic heterocycles. The topological polar surface area (TPSA) is 46.2 Å². The molecule has 2 nitrogen and oxygen atoms in total. The molecule has 0 bridgehead atoms. The quantitative estimate of drug-likeness (QED) is 0.642. The van der Waals surface area contributed by atoms with Gasteiger partial charge in [0.05, 0.1) is 0 Å². The smallest absolute Gasteiger partial charge is 0.120 e. The first-order valence-electron chi connectivity index (χ1n) is 3.66. The first kappa shape index (κ1) is 8.08. The van der Waals surface area contributed by atoms with Gasteiger partial charge in [-0.3, -0.25) is 0 Å². The molecule has 11 heavy (non-hydrogen) atoms. The second-order valence-electron chi connectivity index (χ2n) is 2.85. The Morgan fingerprint density at radius 2 is 2.09 bits per heavy atom. The first-order chi connectivity index (χ1) is 5.11. The molecular formula is C9H13NO. The molecule has 0 aliphatic heterocycles. The fourth-order valence-electron chi connectivity index (χ4n) is 1.04. The lowest BCUT2D eigenvalue weighted by Gasteiger charge is -2.08. The summed E-state index contributed by atoms with van der Waals surface area (Å²) in [7, 11) is 0. The number of rotatable bonds is 1. The van der Waals surface area contributed by atoms with Gasteiger partial charge in [-0.2, -0.15) is 0 Å². The van der Waals surface area contributed by atoms with Gasteiger partial charge >= 0.3 is 0 Å². The highest BCUT2D eigenvalue weighted by molar-refractivity contribution is 5.37. The van der Waals surface area contributed by atoms with Crippen LogP contribution < -0.4 is 5.73 Å². The molecule has 60 valence electrons. The van der Waals surface area contributed by atoms with Crippen molar-refractivity contribution in [3.63, 3.8) is 0 Å². The SMILES string of the molecule is Cc1ccc(O)c([C@@H](C)N)c1. The van der Waals surface area contributed by atoms with Gasteiger partial charge in [-0.25, -0.2) is 0 Å². The lowest BCUT2D eigenvalue weighted by Crippen LogP contribution is -2.05. The normalized spacial score (nSPS) is 13.0. The maximum atomic E-state index is 9.33. The zero-order chi connectivity index (χ0) is 8.43. The maximum Gasteiger partial charge on any atom is 0.120 e. The van der Waals surface area contributed by atoms with Crippen molar-refractivity contribution >= 4 is 0 Å². The highest BCUT2D eigenvalue weighted by Gasteiger charge is 2.04. The number of nitrogens with two attached hydrogens (primary N) is 1. The predicted molar refractivity (Wildman–Crippen MR) is 45.4 cm³/mol. The van der Waals surface area contributed by atoms with Crippen LogP contribution in [0.5, 0.6) is 5.75 Å². The lowest BCUT2D eigenvalue weighted by atomic mass is 10.1. The molecule has 0 unspecified atom stereocenters. The third-order valence-electron chi connectivity index (χ3n) is 1.67. The minimum atomic E-state index is -0.102. The number of aryl methyl sites for hydroxylation is 1. The number of hydrogen-bond acceptors (Lipinski definition) is 2. The monoisotopic (exact) mass is 151 g/mol. The van der Waals surface area contributed by atoms with Crippen LogP contribution in [0.15, 0.2) is 18.2 Å². The Balaban J connectivity index is 3.13. The van der Waals surface area contributed by atoms with Crippen molar-refractivity contribution in [1.29, 1.82) is 0 Å². The molecule has 1 aromatic carbocycles. The molecule has 3 N–H and O–H groups in total. The van der Waals surface area contributed by atoms with Gasteiger partial charge in [0, 0.05) is 11.6 Å². The van der Waals surface area contributed by atoms with Crippen molar-refractivity contribution in [2.45, 2.75) is 19.9 Å². The van der Waals surface area contributed by atoms with Gasteiger partial charge < -0.3 is 10.8 Å². The van der Waals surface area contributed by atoms with Gasteiger partial charge in [0.15, 0.2) is 0 Å². The van der Waals surface area contributed by atoms with Gasteiger partial charge in [0.25, 0.3) is 0 Å². The summed E-state index contributed by atoms with van der Waals surface area (Å²) in [5.41, 5.74) is 7.55. The minimum absolute atomic E-state index is 0.102. The van der Waals surface area contributed by atoms with Gasteiger partial charge in [-0.15, -0.1) is 0 Å². The largest absolute Gasteiger partial charge is 0.508 e. The van der Waals surface area contributed by atoms with Gasteiger partial charge in [0.2, 0.25) is 0 Å². The summed E-state index contributed by atoms with van der Waals surface area (Å²) < 4.78 is 0. The maximum absolute atomic E-state index is 9.33. The van der Waals surface area contributed by atoms with Gasteiger partial charge in [-0.1, -0.05) is 17.7 Å². The molecule has 0 amide bonds. The van der Waals surface area contributed by atoms with Crippen molar-refractivity contribution in [2.75, 3.05) is 0 Å². The minimum Gasteiger partial charge on any atom is -0.508 e. The third kappa shape index (κ3) is 1.71. The highest BCUT2D eigenvalue weighted by atomic mass is 16.3. The average molecular weight is 151 g/mol. The van der Waals surface area contributed by atoms with Crippen molar-refractivity contribution in [1.82, 2.24) is 0 Å². The number of benzene rings is 1. The van der Waals surface area contributed by atoms with Crippen LogP contribution in [-0.2, 0) is 0 Å². The molecule has 0 radical (unpaired) electrons. The molecule has 1 rings (SSSR count). The number of phenolic OH excluding ortho intramolecular Hbond substituents is 1. The van der Waals surface area contributed by atoms with Crippen LogP contribution in [-0.4, -0.2) is 5.11 Å². The Labute approximate surface area is 66.7 Å². The summed E-state index contributed by atoms with van der Waals surface area (Å²) >= 11 is 0. The van der Waals surface area contributed by atoms with E-state index < -0.39 is 0 Å². The Bertz CT molecular complexity index is 256. The Morgan fingerprint density at radius 1 is 1.45 bits per heavy atom. The van der Waals surface area contributed by atoms with Crippen LogP contribution >= 0.6 is 0 Å². The third-order valence-corrected chi connectivity index (χ3v) is 1.67. The van der Waals surface area contributed by atoms with Crippen LogP contribution in [0, 0.1) is 6.92 Å².